The molecule has 1 aliphatic rings. The van der Waals surface area contributed by atoms with Gasteiger partial charge in [0.25, 0.3) is 0 Å². The van der Waals surface area contributed by atoms with E-state index in [1.807, 2.05) is 20.9 Å². The lowest BCUT2D eigenvalue weighted by molar-refractivity contribution is 0.00973. The summed E-state index contributed by atoms with van der Waals surface area (Å²) in [5, 5.41) is 7.45. The van der Waals surface area contributed by atoms with Crippen LogP contribution in [0.5, 0.6) is 0 Å². The van der Waals surface area contributed by atoms with E-state index in [4.69, 9.17) is 9.26 Å². The first-order chi connectivity index (χ1) is 9.06. The summed E-state index contributed by atoms with van der Waals surface area (Å²) < 4.78 is 10.8. The van der Waals surface area contributed by atoms with Crippen LogP contribution < -0.4 is 5.32 Å². The lowest BCUT2D eigenvalue weighted by atomic mass is 9.82. The Morgan fingerprint density at radius 2 is 2.11 bits per heavy atom. The average Bonchev–Trinajstić information content (AvgIpc) is 2.89. The Balaban J connectivity index is 2.03. The van der Waals surface area contributed by atoms with E-state index < -0.39 is 5.60 Å². The number of nitrogens with zero attached hydrogens (tertiary/aromatic N) is 2. The zero-order valence-electron chi connectivity index (χ0n) is 12.4. The standard InChI is InChI=1S/C14H25N3O2/c1-14(2,18-4)13-16-12(19-17-13)9-10-7-5-6-8-11(10)15-3/h10-11,15H,5-9H2,1-4H3. The molecule has 0 amide bonds. The number of aromatic nitrogens is 2. The van der Waals surface area contributed by atoms with Gasteiger partial charge in [-0.1, -0.05) is 18.0 Å². The van der Waals surface area contributed by atoms with Crippen molar-refractivity contribution < 1.29 is 9.26 Å². The van der Waals surface area contributed by atoms with Crippen molar-refractivity contribution in [3.05, 3.63) is 11.7 Å². The highest BCUT2D eigenvalue weighted by molar-refractivity contribution is 4.98. The minimum atomic E-state index is -0.489. The molecule has 1 aromatic heterocycles. The minimum absolute atomic E-state index is 0.489. The van der Waals surface area contributed by atoms with Crippen LogP contribution in [-0.4, -0.2) is 30.3 Å². The van der Waals surface area contributed by atoms with Crippen LogP contribution in [0.4, 0.5) is 0 Å². The van der Waals surface area contributed by atoms with Gasteiger partial charge in [0.05, 0.1) is 0 Å². The van der Waals surface area contributed by atoms with Crippen molar-refractivity contribution in [2.45, 2.75) is 57.6 Å². The summed E-state index contributed by atoms with van der Waals surface area (Å²) in [7, 11) is 3.70. The summed E-state index contributed by atoms with van der Waals surface area (Å²) in [5.41, 5.74) is -0.489. The second kappa shape index (κ2) is 6.01. The number of rotatable bonds is 5. The molecule has 0 bridgehead atoms. The largest absolute Gasteiger partial charge is 0.371 e. The fraction of sp³-hybridized carbons (Fsp3) is 0.857. The molecule has 0 saturated heterocycles. The van der Waals surface area contributed by atoms with E-state index in [0.717, 1.165) is 12.3 Å². The first-order valence-corrected chi connectivity index (χ1v) is 7.12. The van der Waals surface area contributed by atoms with Crippen LogP contribution in [0.1, 0.15) is 51.2 Å². The number of hydrogen-bond acceptors (Lipinski definition) is 5. The van der Waals surface area contributed by atoms with E-state index in [2.05, 4.69) is 15.5 Å². The molecule has 1 saturated carbocycles. The Kier molecular flexibility index (Phi) is 4.58. The molecule has 0 radical (unpaired) electrons. The van der Waals surface area contributed by atoms with Crippen LogP contribution >= 0.6 is 0 Å². The van der Waals surface area contributed by atoms with Crippen LogP contribution in [0.15, 0.2) is 4.52 Å². The SMILES string of the molecule is CNC1CCCCC1Cc1nc(C(C)(C)OC)no1. The van der Waals surface area contributed by atoms with Crippen molar-refractivity contribution in [2.24, 2.45) is 5.92 Å². The monoisotopic (exact) mass is 267 g/mol. The van der Waals surface area contributed by atoms with Crippen LogP contribution in [0.3, 0.4) is 0 Å². The van der Waals surface area contributed by atoms with Crippen LogP contribution in [0.2, 0.25) is 0 Å². The van der Waals surface area contributed by atoms with Crippen LogP contribution in [-0.2, 0) is 16.8 Å². The van der Waals surface area contributed by atoms with E-state index in [1.54, 1.807) is 7.11 Å². The summed E-state index contributed by atoms with van der Waals surface area (Å²) in [6.45, 7) is 3.89. The first kappa shape index (κ1) is 14.5. The van der Waals surface area contributed by atoms with Gasteiger partial charge in [-0.15, -0.1) is 0 Å². The van der Waals surface area contributed by atoms with Crippen molar-refractivity contribution in [1.82, 2.24) is 15.5 Å². The van der Waals surface area contributed by atoms with E-state index in [9.17, 15) is 0 Å². The second-order valence-electron chi connectivity index (χ2n) is 5.87. The molecule has 1 aromatic rings. The molecule has 0 aromatic carbocycles. The van der Waals surface area contributed by atoms with Crippen LogP contribution in [0, 0.1) is 5.92 Å². The van der Waals surface area contributed by atoms with Gasteiger partial charge in [-0.2, -0.15) is 4.98 Å². The van der Waals surface area contributed by atoms with E-state index in [1.165, 1.54) is 25.7 Å². The van der Waals surface area contributed by atoms with Gasteiger partial charge in [0, 0.05) is 19.6 Å². The van der Waals surface area contributed by atoms with Gasteiger partial charge in [-0.3, -0.25) is 0 Å². The fourth-order valence-corrected chi connectivity index (χ4v) is 2.73. The number of methoxy groups -OCH3 is 1. The average molecular weight is 267 g/mol. The van der Waals surface area contributed by atoms with Crippen molar-refractivity contribution in [2.75, 3.05) is 14.2 Å². The molecule has 1 fully saturated rings. The summed E-state index contributed by atoms with van der Waals surface area (Å²) in [5.74, 6) is 1.95. The Morgan fingerprint density at radius 1 is 1.37 bits per heavy atom. The molecule has 1 aliphatic carbocycles. The highest BCUT2D eigenvalue weighted by atomic mass is 16.5. The van der Waals surface area contributed by atoms with Crippen molar-refractivity contribution in [3.8, 4) is 0 Å². The molecule has 19 heavy (non-hydrogen) atoms. The van der Waals surface area contributed by atoms with Crippen molar-refractivity contribution >= 4 is 0 Å². The van der Waals surface area contributed by atoms with Gasteiger partial charge in [-0.25, -0.2) is 0 Å². The highest BCUT2D eigenvalue weighted by Gasteiger charge is 2.29. The molecule has 5 nitrogen and oxygen atoms in total. The zero-order valence-corrected chi connectivity index (χ0v) is 12.4. The number of ether oxygens (including phenoxy) is 1. The molecule has 1 heterocycles. The quantitative estimate of drug-likeness (QED) is 0.886. The molecule has 108 valence electrons. The lowest BCUT2D eigenvalue weighted by Gasteiger charge is -2.30. The summed E-state index contributed by atoms with van der Waals surface area (Å²) in [4.78, 5) is 4.49. The zero-order chi connectivity index (χ0) is 13.9. The molecule has 2 rings (SSSR count). The predicted molar refractivity (Wildman–Crippen MR) is 72.8 cm³/mol. The second-order valence-corrected chi connectivity index (χ2v) is 5.87. The summed E-state index contributed by atoms with van der Waals surface area (Å²) in [6.07, 6.45) is 5.95. The highest BCUT2D eigenvalue weighted by Crippen LogP contribution is 2.28. The Labute approximate surface area is 115 Å². The van der Waals surface area contributed by atoms with Gasteiger partial charge >= 0.3 is 0 Å². The Bertz CT molecular complexity index is 403. The molecular formula is C14H25N3O2. The van der Waals surface area contributed by atoms with Crippen LogP contribution in [0.25, 0.3) is 0 Å². The predicted octanol–water partition coefficient (Wildman–Crippen LogP) is 2.27. The molecule has 0 spiro atoms. The summed E-state index contributed by atoms with van der Waals surface area (Å²) >= 11 is 0. The molecular weight excluding hydrogens is 242 g/mol. The smallest absolute Gasteiger partial charge is 0.227 e. The third-order valence-electron chi connectivity index (χ3n) is 4.23. The fourth-order valence-electron chi connectivity index (χ4n) is 2.73. The lowest BCUT2D eigenvalue weighted by Crippen LogP contribution is -2.37. The first-order valence-electron chi connectivity index (χ1n) is 7.12. The molecule has 0 aliphatic heterocycles. The Hall–Kier alpha value is -0.940. The summed E-state index contributed by atoms with van der Waals surface area (Å²) in [6, 6.07) is 0.569. The normalized spacial score (nSPS) is 24.6. The Morgan fingerprint density at radius 3 is 2.79 bits per heavy atom. The topological polar surface area (TPSA) is 60.2 Å². The maximum atomic E-state index is 5.38. The molecule has 1 N–H and O–H groups in total. The number of nitrogens with one attached hydrogen (secondary N) is 1. The third kappa shape index (κ3) is 3.34. The third-order valence-corrected chi connectivity index (χ3v) is 4.23. The van der Waals surface area contributed by atoms with Gasteiger partial charge in [0.15, 0.2) is 0 Å². The minimum Gasteiger partial charge on any atom is -0.371 e. The molecule has 5 heteroatoms. The molecule has 2 atom stereocenters. The van der Waals surface area contributed by atoms with Gasteiger partial charge in [0.2, 0.25) is 11.7 Å². The molecule has 2 unspecified atom stereocenters. The maximum Gasteiger partial charge on any atom is 0.227 e. The van der Waals surface area contributed by atoms with E-state index in [0.29, 0.717) is 17.8 Å². The van der Waals surface area contributed by atoms with Crippen molar-refractivity contribution in [1.29, 1.82) is 0 Å². The number of hydrogen-bond donors (Lipinski definition) is 1. The van der Waals surface area contributed by atoms with Gasteiger partial charge < -0.3 is 14.6 Å². The maximum absolute atomic E-state index is 5.38. The van der Waals surface area contributed by atoms with E-state index in [-0.39, 0.29) is 0 Å². The van der Waals surface area contributed by atoms with Crippen molar-refractivity contribution in [3.63, 3.8) is 0 Å². The van der Waals surface area contributed by atoms with E-state index >= 15 is 0 Å². The van der Waals surface area contributed by atoms with Gasteiger partial charge in [-0.05, 0) is 39.7 Å². The van der Waals surface area contributed by atoms with Gasteiger partial charge in [0.1, 0.15) is 5.60 Å².